The third kappa shape index (κ3) is 2.65. The van der Waals surface area contributed by atoms with Crippen LogP contribution < -0.4 is 10.2 Å². The summed E-state index contributed by atoms with van der Waals surface area (Å²) in [5.74, 6) is 0. The third-order valence-electron chi connectivity index (χ3n) is 3.50. The molecule has 0 saturated carbocycles. The number of nitrogens with zero attached hydrogens (tertiary/aromatic N) is 1. The van der Waals surface area contributed by atoms with Crippen molar-refractivity contribution in [2.24, 2.45) is 0 Å². The molecule has 0 aromatic heterocycles. The maximum Gasteiger partial charge on any atom is 0.0443 e. The SMILES string of the molecule is C1=Cc2c(cccc2N2CCNCC2)CC1.C=C. The van der Waals surface area contributed by atoms with Gasteiger partial charge >= 0.3 is 0 Å². The van der Waals surface area contributed by atoms with Crippen LogP contribution in [-0.2, 0) is 6.42 Å². The fourth-order valence-electron chi connectivity index (χ4n) is 2.63. The van der Waals surface area contributed by atoms with Gasteiger partial charge in [0, 0.05) is 37.4 Å². The van der Waals surface area contributed by atoms with Crippen LogP contribution in [0.1, 0.15) is 17.5 Å². The molecule has 2 heteroatoms. The minimum atomic E-state index is 1.10. The first kappa shape index (κ1) is 12.9. The maximum atomic E-state index is 3.40. The van der Waals surface area contributed by atoms with Gasteiger partial charge in [0.05, 0.1) is 0 Å². The number of rotatable bonds is 1. The van der Waals surface area contributed by atoms with Crippen molar-refractivity contribution < 1.29 is 0 Å². The van der Waals surface area contributed by atoms with Crippen molar-refractivity contribution in [1.29, 1.82) is 0 Å². The molecule has 1 heterocycles. The van der Waals surface area contributed by atoms with Gasteiger partial charge < -0.3 is 10.2 Å². The van der Waals surface area contributed by atoms with Crippen molar-refractivity contribution in [3.63, 3.8) is 0 Å². The number of aryl methyl sites for hydroxylation is 1. The highest BCUT2D eigenvalue weighted by Crippen LogP contribution is 2.29. The van der Waals surface area contributed by atoms with E-state index in [1.807, 2.05) is 0 Å². The molecule has 0 spiro atoms. The summed E-state index contributed by atoms with van der Waals surface area (Å²) in [7, 11) is 0. The lowest BCUT2D eigenvalue weighted by molar-refractivity contribution is 0.589. The average molecular weight is 242 g/mol. The van der Waals surface area contributed by atoms with Crippen molar-refractivity contribution >= 4 is 11.8 Å². The van der Waals surface area contributed by atoms with E-state index in [4.69, 9.17) is 0 Å². The number of fused-ring (bicyclic) bond motifs is 1. The Hall–Kier alpha value is -1.54. The molecule has 0 atom stereocenters. The Morgan fingerprint density at radius 1 is 1.11 bits per heavy atom. The average Bonchev–Trinajstić information content (AvgIpc) is 2.50. The van der Waals surface area contributed by atoms with Crippen molar-refractivity contribution in [3.8, 4) is 0 Å². The second-order valence-corrected chi connectivity index (χ2v) is 4.53. The number of anilines is 1. The van der Waals surface area contributed by atoms with Crippen LogP contribution in [0.5, 0.6) is 0 Å². The zero-order chi connectivity index (χ0) is 12.8. The molecule has 18 heavy (non-hydrogen) atoms. The molecule has 1 saturated heterocycles. The molecular formula is C16H22N2. The number of allylic oxidation sites excluding steroid dienone is 1. The molecule has 1 N–H and O–H groups in total. The Labute approximate surface area is 110 Å². The van der Waals surface area contributed by atoms with Crippen LogP contribution in [0.15, 0.2) is 37.4 Å². The molecule has 1 aliphatic heterocycles. The van der Waals surface area contributed by atoms with E-state index in [0.29, 0.717) is 0 Å². The summed E-state index contributed by atoms with van der Waals surface area (Å²) in [6.07, 6.45) is 6.99. The predicted molar refractivity (Wildman–Crippen MR) is 80.1 cm³/mol. The van der Waals surface area contributed by atoms with Crippen LogP contribution in [-0.4, -0.2) is 26.2 Å². The van der Waals surface area contributed by atoms with Crippen molar-refractivity contribution in [1.82, 2.24) is 5.32 Å². The zero-order valence-corrected chi connectivity index (χ0v) is 11.0. The van der Waals surface area contributed by atoms with E-state index in [9.17, 15) is 0 Å². The molecule has 0 amide bonds. The van der Waals surface area contributed by atoms with Gasteiger partial charge in [-0.15, -0.1) is 13.2 Å². The molecule has 96 valence electrons. The van der Waals surface area contributed by atoms with Crippen molar-refractivity contribution in [2.45, 2.75) is 12.8 Å². The van der Waals surface area contributed by atoms with Crippen LogP contribution in [0, 0.1) is 0 Å². The topological polar surface area (TPSA) is 15.3 Å². The summed E-state index contributed by atoms with van der Waals surface area (Å²) in [5.41, 5.74) is 4.39. The van der Waals surface area contributed by atoms with Gasteiger partial charge in [-0.3, -0.25) is 0 Å². The first-order valence-electron chi connectivity index (χ1n) is 6.69. The number of benzene rings is 1. The van der Waals surface area contributed by atoms with Crippen molar-refractivity contribution in [2.75, 3.05) is 31.1 Å². The molecule has 1 aromatic rings. The van der Waals surface area contributed by atoms with E-state index in [1.165, 1.54) is 29.7 Å². The number of hydrogen-bond donors (Lipinski definition) is 1. The molecule has 3 rings (SSSR count). The number of hydrogen-bond acceptors (Lipinski definition) is 2. The largest absolute Gasteiger partial charge is 0.368 e. The standard InChI is InChI=1S/C14H18N2.C2H4/c1-2-6-13-12(4-1)5-3-7-14(13)16-10-8-15-9-11-16;1-2/h2-3,5-7,15H,1,4,8-11H2;1-2H2. The quantitative estimate of drug-likeness (QED) is 0.762. The predicted octanol–water partition coefficient (Wildman–Crippen LogP) is 2.86. The highest BCUT2D eigenvalue weighted by Gasteiger charge is 2.15. The minimum Gasteiger partial charge on any atom is -0.368 e. The van der Waals surface area contributed by atoms with Crippen LogP contribution >= 0.6 is 0 Å². The summed E-state index contributed by atoms with van der Waals surface area (Å²) >= 11 is 0. The molecule has 1 aromatic carbocycles. The van der Waals surface area contributed by atoms with E-state index in [0.717, 1.165) is 26.2 Å². The Bertz CT molecular complexity index is 417. The Morgan fingerprint density at radius 3 is 2.67 bits per heavy atom. The molecule has 2 aliphatic rings. The second kappa shape index (κ2) is 6.41. The highest BCUT2D eigenvalue weighted by molar-refractivity contribution is 5.72. The molecule has 0 bridgehead atoms. The van der Waals surface area contributed by atoms with Gasteiger partial charge in [0.1, 0.15) is 0 Å². The summed E-state index contributed by atoms with van der Waals surface area (Å²) in [4.78, 5) is 2.50. The van der Waals surface area contributed by atoms with Gasteiger partial charge in [-0.25, -0.2) is 0 Å². The van der Waals surface area contributed by atoms with E-state index in [1.54, 1.807) is 0 Å². The van der Waals surface area contributed by atoms with Crippen LogP contribution in [0.2, 0.25) is 0 Å². The third-order valence-corrected chi connectivity index (χ3v) is 3.50. The van der Waals surface area contributed by atoms with E-state index in [-0.39, 0.29) is 0 Å². The lowest BCUT2D eigenvalue weighted by Gasteiger charge is -2.32. The fourth-order valence-corrected chi connectivity index (χ4v) is 2.63. The lowest BCUT2D eigenvalue weighted by atomic mass is 9.95. The Balaban J connectivity index is 0.000000574. The molecule has 1 fully saturated rings. The van der Waals surface area contributed by atoms with Gasteiger partial charge in [-0.05, 0) is 24.5 Å². The monoisotopic (exact) mass is 242 g/mol. The van der Waals surface area contributed by atoms with Gasteiger partial charge in [0.2, 0.25) is 0 Å². The number of piperazine rings is 1. The van der Waals surface area contributed by atoms with E-state index < -0.39 is 0 Å². The van der Waals surface area contributed by atoms with Crippen LogP contribution in [0.4, 0.5) is 5.69 Å². The lowest BCUT2D eigenvalue weighted by Crippen LogP contribution is -2.43. The first-order valence-corrected chi connectivity index (χ1v) is 6.69. The molecule has 0 unspecified atom stereocenters. The summed E-state index contributed by atoms with van der Waals surface area (Å²) in [6, 6.07) is 6.74. The molecule has 2 nitrogen and oxygen atoms in total. The second-order valence-electron chi connectivity index (χ2n) is 4.53. The minimum absolute atomic E-state index is 1.10. The summed E-state index contributed by atoms with van der Waals surface area (Å²) in [6.45, 7) is 10.5. The fraction of sp³-hybridized carbons (Fsp3) is 0.375. The Kier molecular flexibility index (Phi) is 4.59. The Morgan fingerprint density at radius 2 is 1.89 bits per heavy atom. The summed E-state index contributed by atoms with van der Waals surface area (Å²) in [5, 5.41) is 3.40. The highest BCUT2D eigenvalue weighted by atomic mass is 15.2. The zero-order valence-electron chi connectivity index (χ0n) is 11.0. The normalized spacial score (nSPS) is 17.7. The van der Waals surface area contributed by atoms with Gasteiger partial charge in [0.15, 0.2) is 0 Å². The summed E-state index contributed by atoms with van der Waals surface area (Å²) < 4.78 is 0. The van der Waals surface area contributed by atoms with E-state index >= 15 is 0 Å². The van der Waals surface area contributed by atoms with Crippen molar-refractivity contribution in [3.05, 3.63) is 48.6 Å². The molecule has 1 aliphatic carbocycles. The smallest absolute Gasteiger partial charge is 0.0443 e. The van der Waals surface area contributed by atoms with Crippen LogP contribution in [0.3, 0.4) is 0 Å². The van der Waals surface area contributed by atoms with Gasteiger partial charge in [-0.1, -0.05) is 24.3 Å². The maximum absolute atomic E-state index is 3.40. The molecular weight excluding hydrogens is 220 g/mol. The van der Waals surface area contributed by atoms with Gasteiger partial charge in [0.25, 0.3) is 0 Å². The molecule has 0 radical (unpaired) electrons. The first-order chi connectivity index (χ1) is 8.95. The number of nitrogens with one attached hydrogen (secondary N) is 1. The van der Waals surface area contributed by atoms with Crippen LogP contribution in [0.25, 0.3) is 6.08 Å². The van der Waals surface area contributed by atoms with E-state index in [2.05, 4.69) is 53.7 Å². The van der Waals surface area contributed by atoms with Gasteiger partial charge in [-0.2, -0.15) is 0 Å².